The van der Waals surface area contributed by atoms with Gasteiger partial charge >= 0.3 is 0 Å². The quantitative estimate of drug-likeness (QED) is 0.681. The monoisotopic (exact) mass is 368 g/mol. The SMILES string of the molecule is C[C@H]1CN(C(=O)c2onc3ncccc23)Cc2nnc(C3CCOCC3)n21. The van der Waals surface area contributed by atoms with Crippen molar-refractivity contribution in [1.82, 2.24) is 29.8 Å². The molecule has 1 fully saturated rings. The van der Waals surface area contributed by atoms with Gasteiger partial charge in [0.05, 0.1) is 18.0 Å². The lowest BCUT2D eigenvalue weighted by molar-refractivity contribution is 0.0631. The molecule has 3 aromatic rings. The van der Waals surface area contributed by atoms with Crippen molar-refractivity contribution in [3.05, 3.63) is 35.7 Å². The Bertz CT molecular complexity index is 990. The Morgan fingerprint density at radius 2 is 2.11 bits per heavy atom. The Morgan fingerprint density at radius 3 is 2.96 bits per heavy atom. The van der Waals surface area contributed by atoms with Gasteiger partial charge in [-0.3, -0.25) is 4.79 Å². The maximum atomic E-state index is 13.0. The number of nitrogens with zero attached hydrogens (tertiary/aromatic N) is 6. The number of rotatable bonds is 2. The van der Waals surface area contributed by atoms with Gasteiger partial charge in [-0.2, -0.15) is 0 Å². The molecule has 0 saturated carbocycles. The fraction of sp³-hybridized carbons (Fsp3) is 0.500. The Kier molecular flexibility index (Phi) is 3.89. The Hall–Kier alpha value is -2.81. The van der Waals surface area contributed by atoms with Crippen LogP contribution in [0.2, 0.25) is 0 Å². The van der Waals surface area contributed by atoms with Gasteiger partial charge in [0.15, 0.2) is 5.82 Å². The van der Waals surface area contributed by atoms with Crippen LogP contribution in [-0.2, 0) is 11.3 Å². The molecule has 9 heteroatoms. The van der Waals surface area contributed by atoms with Crippen LogP contribution in [0.5, 0.6) is 0 Å². The average Bonchev–Trinajstić information content (AvgIpc) is 3.33. The largest absolute Gasteiger partial charge is 0.381 e. The number of fused-ring (bicyclic) bond motifs is 2. The van der Waals surface area contributed by atoms with E-state index in [9.17, 15) is 4.79 Å². The summed E-state index contributed by atoms with van der Waals surface area (Å²) in [4.78, 5) is 18.9. The first-order chi connectivity index (χ1) is 13.2. The third-order valence-corrected chi connectivity index (χ3v) is 5.37. The first-order valence-corrected chi connectivity index (χ1v) is 9.23. The molecular weight excluding hydrogens is 348 g/mol. The summed E-state index contributed by atoms with van der Waals surface area (Å²) in [6.07, 6.45) is 3.55. The smallest absolute Gasteiger partial charge is 0.293 e. The maximum Gasteiger partial charge on any atom is 0.293 e. The van der Waals surface area contributed by atoms with Crippen LogP contribution in [0, 0.1) is 0 Å². The average molecular weight is 368 g/mol. The van der Waals surface area contributed by atoms with E-state index in [1.54, 1.807) is 23.2 Å². The van der Waals surface area contributed by atoms with Crippen LogP contribution >= 0.6 is 0 Å². The zero-order valence-electron chi connectivity index (χ0n) is 15.0. The van der Waals surface area contributed by atoms with Gasteiger partial charge in [0.25, 0.3) is 5.91 Å². The van der Waals surface area contributed by atoms with E-state index in [2.05, 4.69) is 31.8 Å². The second kappa shape index (κ2) is 6.41. The third kappa shape index (κ3) is 2.69. The minimum atomic E-state index is -0.195. The van der Waals surface area contributed by atoms with Crippen molar-refractivity contribution in [2.45, 2.75) is 38.3 Å². The van der Waals surface area contributed by atoms with Crippen LogP contribution in [0.3, 0.4) is 0 Å². The molecule has 0 spiro atoms. The lowest BCUT2D eigenvalue weighted by atomic mass is 9.99. The zero-order chi connectivity index (χ0) is 18.4. The Balaban J connectivity index is 1.43. The van der Waals surface area contributed by atoms with Gasteiger partial charge in [-0.05, 0) is 31.9 Å². The fourth-order valence-electron chi connectivity index (χ4n) is 4.03. The number of hydrogen-bond acceptors (Lipinski definition) is 7. The van der Waals surface area contributed by atoms with Gasteiger partial charge in [-0.15, -0.1) is 10.2 Å². The highest BCUT2D eigenvalue weighted by molar-refractivity contribution is 6.02. The molecule has 0 unspecified atom stereocenters. The molecular formula is C18H20N6O3. The molecule has 27 heavy (non-hydrogen) atoms. The normalized spacial score (nSPS) is 20.8. The van der Waals surface area contributed by atoms with Crippen molar-refractivity contribution in [1.29, 1.82) is 0 Å². The van der Waals surface area contributed by atoms with E-state index in [-0.39, 0.29) is 17.7 Å². The van der Waals surface area contributed by atoms with Gasteiger partial charge in [-0.1, -0.05) is 5.16 Å². The molecule has 5 heterocycles. The molecule has 1 saturated heterocycles. The van der Waals surface area contributed by atoms with E-state index in [0.29, 0.717) is 30.0 Å². The Morgan fingerprint density at radius 1 is 1.26 bits per heavy atom. The van der Waals surface area contributed by atoms with Crippen LogP contribution in [-0.4, -0.2) is 55.5 Å². The summed E-state index contributed by atoms with van der Waals surface area (Å²) in [7, 11) is 0. The molecule has 0 bridgehead atoms. The molecule has 5 rings (SSSR count). The highest BCUT2D eigenvalue weighted by Crippen LogP contribution is 2.31. The fourth-order valence-corrected chi connectivity index (χ4v) is 4.03. The summed E-state index contributed by atoms with van der Waals surface area (Å²) in [6, 6.07) is 3.66. The molecule has 3 aromatic heterocycles. The minimum absolute atomic E-state index is 0.0952. The van der Waals surface area contributed by atoms with Crippen molar-refractivity contribution in [3.63, 3.8) is 0 Å². The van der Waals surface area contributed by atoms with Gasteiger partial charge in [0, 0.05) is 31.9 Å². The predicted octanol–water partition coefficient (Wildman–Crippen LogP) is 1.93. The number of ether oxygens (including phenoxy) is 1. The van der Waals surface area contributed by atoms with Crippen LogP contribution in [0.4, 0.5) is 0 Å². The maximum absolute atomic E-state index is 13.0. The van der Waals surface area contributed by atoms with E-state index in [4.69, 9.17) is 9.26 Å². The second-order valence-corrected chi connectivity index (χ2v) is 7.15. The first-order valence-electron chi connectivity index (χ1n) is 9.23. The number of aromatic nitrogens is 5. The standard InChI is InChI=1S/C18H20N6O3/c1-11-9-23(18(25)15-13-3-2-6-19-16(13)22-27-15)10-14-20-21-17(24(11)14)12-4-7-26-8-5-12/h2-3,6,11-12H,4-5,7-10H2,1H3/t11-/m0/s1. The molecule has 0 aromatic carbocycles. The summed E-state index contributed by atoms with van der Waals surface area (Å²) in [6.45, 7) is 4.59. The zero-order valence-corrected chi connectivity index (χ0v) is 15.0. The lowest BCUT2D eigenvalue weighted by Crippen LogP contribution is -2.41. The number of carbonyl (C=O) groups excluding carboxylic acids is 1. The summed E-state index contributed by atoms with van der Waals surface area (Å²) in [5, 5.41) is 13.3. The highest BCUT2D eigenvalue weighted by atomic mass is 16.5. The van der Waals surface area contributed by atoms with Gasteiger partial charge < -0.3 is 18.7 Å². The number of hydrogen-bond donors (Lipinski definition) is 0. The molecule has 140 valence electrons. The van der Waals surface area contributed by atoms with E-state index >= 15 is 0 Å². The van der Waals surface area contributed by atoms with Crippen molar-refractivity contribution < 1.29 is 14.1 Å². The molecule has 2 aliphatic rings. The summed E-state index contributed by atoms with van der Waals surface area (Å²) < 4.78 is 12.9. The second-order valence-electron chi connectivity index (χ2n) is 7.15. The van der Waals surface area contributed by atoms with E-state index in [0.717, 1.165) is 37.7 Å². The van der Waals surface area contributed by atoms with Crippen molar-refractivity contribution in [2.75, 3.05) is 19.8 Å². The number of amides is 1. The predicted molar refractivity (Wildman–Crippen MR) is 94.1 cm³/mol. The van der Waals surface area contributed by atoms with E-state index in [1.165, 1.54) is 0 Å². The molecule has 1 atom stereocenters. The van der Waals surface area contributed by atoms with E-state index in [1.807, 2.05) is 0 Å². The summed E-state index contributed by atoms with van der Waals surface area (Å²) in [5.41, 5.74) is 0.441. The number of carbonyl (C=O) groups is 1. The summed E-state index contributed by atoms with van der Waals surface area (Å²) >= 11 is 0. The third-order valence-electron chi connectivity index (χ3n) is 5.37. The minimum Gasteiger partial charge on any atom is -0.381 e. The van der Waals surface area contributed by atoms with Crippen LogP contribution in [0.1, 0.15) is 53.9 Å². The molecule has 2 aliphatic heterocycles. The van der Waals surface area contributed by atoms with Crippen LogP contribution in [0.25, 0.3) is 11.0 Å². The topological polar surface area (TPSA) is 99.2 Å². The van der Waals surface area contributed by atoms with Gasteiger partial charge in [0.1, 0.15) is 5.82 Å². The lowest BCUT2D eigenvalue weighted by Gasteiger charge is -2.33. The highest BCUT2D eigenvalue weighted by Gasteiger charge is 2.34. The van der Waals surface area contributed by atoms with E-state index < -0.39 is 0 Å². The summed E-state index contributed by atoms with van der Waals surface area (Å²) in [5.74, 6) is 2.23. The molecule has 0 aliphatic carbocycles. The Labute approximate surface area is 155 Å². The van der Waals surface area contributed by atoms with Crippen molar-refractivity contribution >= 4 is 16.9 Å². The van der Waals surface area contributed by atoms with Crippen LogP contribution in [0.15, 0.2) is 22.9 Å². The van der Waals surface area contributed by atoms with Crippen molar-refractivity contribution in [3.8, 4) is 0 Å². The molecule has 9 nitrogen and oxygen atoms in total. The van der Waals surface area contributed by atoms with Crippen LogP contribution < -0.4 is 0 Å². The molecule has 1 amide bonds. The van der Waals surface area contributed by atoms with Crippen molar-refractivity contribution in [2.24, 2.45) is 0 Å². The molecule has 0 radical (unpaired) electrons. The molecule has 0 N–H and O–H groups in total. The van der Waals surface area contributed by atoms with Gasteiger partial charge in [-0.25, -0.2) is 4.98 Å². The first kappa shape index (κ1) is 16.4. The number of pyridine rings is 1. The van der Waals surface area contributed by atoms with Gasteiger partial charge in [0.2, 0.25) is 11.4 Å².